The van der Waals surface area contributed by atoms with Gasteiger partial charge in [-0.05, 0) is 31.6 Å². The van der Waals surface area contributed by atoms with Gasteiger partial charge in [0, 0.05) is 0 Å². The highest BCUT2D eigenvalue weighted by Crippen LogP contribution is 2.33. The predicted molar refractivity (Wildman–Crippen MR) is 55.9 cm³/mol. The molecular formula is C8H14IN3. The molecule has 0 aromatic heterocycles. The van der Waals surface area contributed by atoms with Crippen molar-refractivity contribution in [2.45, 2.75) is 44.7 Å². The van der Waals surface area contributed by atoms with E-state index < -0.39 is 0 Å². The Hall–Kier alpha value is 0.130. The van der Waals surface area contributed by atoms with E-state index in [-0.39, 0.29) is 0 Å². The van der Waals surface area contributed by atoms with E-state index in [0.29, 0.717) is 12.1 Å². The summed E-state index contributed by atoms with van der Waals surface area (Å²) in [7, 11) is 0. The Kier molecular flexibility index (Phi) is 2.52. The van der Waals surface area contributed by atoms with Crippen LogP contribution in [0.25, 0.3) is 0 Å². The van der Waals surface area contributed by atoms with Gasteiger partial charge in [0.2, 0.25) is 0 Å². The third-order valence-electron chi connectivity index (χ3n) is 2.91. The standard InChI is InChI=1S/C8H14IN3/c1-6-2-4-7-8(5-3-6)12(9)11-10-7/h6-8H,2-5H2,1H3. The average molecular weight is 279 g/mol. The highest BCUT2D eigenvalue weighted by molar-refractivity contribution is 14.1. The summed E-state index contributed by atoms with van der Waals surface area (Å²) in [6.07, 6.45) is 5.16. The van der Waals surface area contributed by atoms with E-state index in [1.54, 1.807) is 0 Å². The summed E-state index contributed by atoms with van der Waals surface area (Å²) in [6, 6.07) is 1.09. The minimum absolute atomic E-state index is 0.492. The zero-order valence-electron chi connectivity index (χ0n) is 7.28. The molecule has 3 unspecified atom stereocenters. The summed E-state index contributed by atoms with van der Waals surface area (Å²) in [5.74, 6) is 0.885. The van der Waals surface area contributed by atoms with E-state index in [0.717, 1.165) is 5.92 Å². The van der Waals surface area contributed by atoms with E-state index in [4.69, 9.17) is 0 Å². The number of halogens is 1. The second kappa shape index (κ2) is 3.47. The van der Waals surface area contributed by atoms with Crippen LogP contribution in [0.1, 0.15) is 32.6 Å². The number of fused-ring (bicyclic) bond motifs is 1. The molecule has 0 amide bonds. The van der Waals surface area contributed by atoms with Crippen molar-refractivity contribution < 1.29 is 0 Å². The van der Waals surface area contributed by atoms with Gasteiger partial charge in [-0.3, -0.25) is 0 Å². The molecular weight excluding hydrogens is 265 g/mol. The molecule has 2 aliphatic rings. The highest BCUT2D eigenvalue weighted by Gasteiger charge is 2.33. The van der Waals surface area contributed by atoms with E-state index >= 15 is 0 Å². The van der Waals surface area contributed by atoms with Gasteiger partial charge in [0.25, 0.3) is 0 Å². The minimum Gasteiger partial charge on any atom is -0.213 e. The van der Waals surface area contributed by atoms with Crippen LogP contribution in [0.4, 0.5) is 0 Å². The molecule has 68 valence electrons. The monoisotopic (exact) mass is 279 g/mol. The van der Waals surface area contributed by atoms with E-state index in [2.05, 4.69) is 40.1 Å². The highest BCUT2D eigenvalue weighted by atomic mass is 127. The number of hydrogen-bond acceptors (Lipinski definition) is 3. The molecule has 0 saturated heterocycles. The van der Waals surface area contributed by atoms with Crippen molar-refractivity contribution in [3.05, 3.63) is 0 Å². The third-order valence-corrected chi connectivity index (χ3v) is 3.82. The maximum Gasteiger partial charge on any atom is 0.0958 e. The van der Waals surface area contributed by atoms with E-state index in [9.17, 15) is 0 Å². The number of hydrogen-bond donors (Lipinski definition) is 0. The fraction of sp³-hybridized carbons (Fsp3) is 1.00. The molecule has 3 atom stereocenters. The van der Waals surface area contributed by atoms with Gasteiger partial charge in [-0.1, -0.05) is 12.1 Å². The first-order valence-electron chi connectivity index (χ1n) is 4.63. The Bertz CT molecular complexity index is 195. The lowest BCUT2D eigenvalue weighted by Gasteiger charge is -2.17. The van der Waals surface area contributed by atoms with Crippen molar-refractivity contribution in [2.24, 2.45) is 16.3 Å². The Morgan fingerprint density at radius 2 is 2.00 bits per heavy atom. The lowest BCUT2D eigenvalue weighted by atomic mass is 10.0. The van der Waals surface area contributed by atoms with Crippen LogP contribution < -0.4 is 0 Å². The topological polar surface area (TPSA) is 28.0 Å². The van der Waals surface area contributed by atoms with Crippen LogP contribution in [0.2, 0.25) is 0 Å². The first-order valence-corrected chi connectivity index (χ1v) is 5.59. The third kappa shape index (κ3) is 1.58. The molecule has 4 heteroatoms. The maximum absolute atomic E-state index is 4.28. The molecule has 12 heavy (non-hydrogen) atoms. The van der Waals surface area contributed by atoms with Gasteiger partial charge < -0.3 is 0 Å². The summed E-state index contributed by atoms with van der Waals surface area (Å²) < 4.78 is 2.01. The number of nitrogens with zero attached hydrogens (tertiary/aromatic N) is 3. The molecule has 0 aromatic rings. The molecule has 3 nitrogen and oxygen atoms in total. The van der Waals surface area contributed by atoms with Gasteiger partial charge in [0.15, 0.2) is 0 Å². The first kappa shape index (κ1) is 8.72. The summed E-state index contributed by atoms with van der Waals surface area (Å²) in [6.45, 7) is 2.34. The van der Waals surface area contributed by atoms with Crippen molar-refractivity contribution in [1.29, 1.82) is 0 Å². The molecule has 2 rings (SSSR count). The van der Waals surface area contributed by atoms with Gasteiger partial charge in [-0.2, -0.15) is 5.11 Å². The Balaban J connectivity index is 2.04. The van der Waals surface area contributed by atoms with Crippen LogP contribution in [-0.2, 0) is 0 Å². The summed E-state index contributed by atoms with van der Waals surface area (Å²) in [4.78, 5) is 0. The molecule has 1 heterocycles. The largest absolute Gasteiger partial charge is 0.213 e. The van der Waals surface area contributed by atoms with Crippen molar-refractivity contribution in [3.63, 3.8) is 0 Å². The van der Waals surface area contributed by atoms with Crippen molar-refractivity contribution in [1.82, 2.24) is 3.22 Å². The normalized spacial score (nSPS) is 41.2. The summed E-state index contributed by atoms with van der Waals surface area (Å²) >= 11 is 2.26. The minimum atomic E-state index is 0.492. The maximum atomic E-state index is 4.28. The quantitative estimate of drug-likeness (QED) is 0.495. The van der Waals surface area contributed by atoms with Crippen LogP contribution in [0.5, 0.6) is 0 Å². The van der Waals surface area contributed by atoms with Crippen LogP contribution in [0.3, 0.4) is 0 Å². The second-order valence-corrected chi connectivity index (χ2v) is 4.88. The number of rotatable bonds is 0. The molecule has 0 radical (unpaired) electrons. The molecule has 1 fully saturated rings. The van der Waals surface area contributed by atoms with Crippen LogP contribution in [-0.4, -0.2) is 15.3 Å². The molecule has 1 aliphatic heterocycles. The Labute approximate surface area is 87.1 Å². The Morgan fingerprint density at radius 3 is 2.83 bits per heavy atom. The first-order chi connectivity index (χ1) is 5.77. The average Bonchev–Trinajstić information content (AvgIpc) is 2.28. The lowest BCUT2D eigenvalue weighted by Crippen LogP contribution is -2.27. The molecule has 0 bridgehead atoms. The summed E-state index contributed by atoms with van der Waals surface area (Å²) in [5.41, 5.74) is 0. The zero-order valence-corrected chi connectivity index (χ0v) is 9.44. The summed E-state index contributed by atoms with van der Waals surface area (Å²) in [5, 5.41) is 8.37. The van der Waals surface area contributed by atoms with Gasteiger partial charge in [-0.25, -0.2) is 3.22 Å². The second-order valence-electron chi connectivity index (χ2n) is 3.89. The SMILES string of the molecule is CC1CCC2N=NN(I)C2CC1. The molecule has 0 aromatic carbocycles. The van der Waals surface area contributed by atoms with Gasteiger partial charge in [-0.15, -0.1) is 0 Å². The fourth-order valence-electron chi connectivity index (χ4n) is 2.00. The van der Waals surface area contributed by atoms with Crippen molar-refractivity contribution in [3.8, 4) is 0 Å². The van der Waals surface area contributed by atoms with E-state index in [1.165, 1.54) is 25.7 Å². The fourth-order valence-corrected chi connectivity index (χ4v) is 2.77. The molecule has 0 N–H and O–H groups in total. The molecule has 1 saturated carbocycles. The van der Waals surface area contributed by atoms with Crippen molar-refractivity contribution >= 4 is 22.9 Å². The van der Waals surface area contributed by atoms with Crippen LogP contribution >= 0.6 is 22.9 Å². The van der Waals surface area contributed by atoms with Crippen LogP contribution in [0, 0.1) is 5.92 Å². The Morgan fingerprint density at radius 1 is 1.25 bits per heavy atom. The van der Waals surface area contributed by atoms with Crippen molar-refractivity contribution in [2.75, 3.05) is 0 Å². The van der Waals surface area contributed by atoms with Gasteiger partial charge in [0.05, 0.1) is 34.9 Å². The lowest BCUT2D eigenvalue weighted by molar-refractivity contribution is 0.380. The van der Waals surface area contributed by atoms with Gasteiger partial charge in [0.1, 0.15) is 0 Å². The molecule has 1 aliphatic carbocycles. The smallest absolute Gasteiger partial charge is 0.0958 e. The van der Waals surface area contributed by atoms with Gasteiger partial charge >= 0.3 is 0 Å². The molecule has 0 spiro atoms. The van der Waals surface area contributed by atoms with E-state index in [1.807, 2.05) is 3.22 Å². The van der Waals surface area contributed by atoms with Crippen LogP contribution in [0.15, 0.2) is 10.3 Å². The zero-order chi connectivity index (χ0) is 8.55. The predicted octanol–water partition coefficient (Wildman–Crippen LogP) is 2.97.